The number of thioether (sulfide) groups is 1. The molecule has 0 radical (unpaired) electrons. The lowest BCUT2D eigenvalue weighted by Crippen LogP contribution is -2.26. The summed E-state index contributed by atoms with van der Waals surface area (Å²) in [6, 6.07) is 9.58. The zero-order chi connectivity index (χ0) is 25.0. The van der Waals surface area contributed by atoms with Crippen LogP contribution in [0.25, 0.3) is 0 Å². The van der Waals surface area contributed by atoms with Crippen LogP contribution >= 0.6 is 23.1 Å². The number of thiophene rings is 1. The molecule has 0 saturated heterocycles. The van der Waals surface area contributed by atoms with Crippen molar-refractivity contribution < 1.29 is 18.7 Å². The van der Waals surface area contributed by atoms with Crippen LogP contribution in [0.1, 0.15) is 49.1 Å². The number of nitrogens with one attached hydrogen (secondary N) is 1. The zero-order valence-electron chi connectivity index (χ0n) is 20.2. The molecule has 8 nitrogen and oxygen atoms in total. The van der Waals surface area contributed by atoms with E-state index >= 15 is 0 Å². The fourth-order valence-electron chi connectivity index (χ4n) is 4.05. The number of aromatic nitrogens is 2. The standard InChI is InChI=1S/C25H28N4O4S2/c1-25(2,3)15-9-10-16-17(12-26)23(35-20(16)11-15)27-21(30)14-34-24-29-28-22(33-24)13-32-19-8-6-5-7-18(19)31-4/h5-8,15H,9-11,13-14H2,1-4H3,(H,27,30)/t15-/m1/s1. The number of fused-ring (bicyclic) bond motifs is 1. The topological polar surface area (TPSA) is 110 Å². The highest BCUT2D eigenvalue weighted by molar-refractivity contribution is 7.99. The van der Waals surface area contributed by atoms with Crippen molar-refractivity contribution in [3.8, 4) is 17.6 Å². The molecule has 4 rings (SSSR count). The first-order valence-electron chi connectivity index (χ1n) is 11.3. The van der Waals surface area contributed by atoms with Crippen LogP contribution in [-0.2, 0) is 24.2 Å². The van der Waals surface area contributed by atoms with Crippen molar-refractivity contribution in [2.24, 2.45) is 11.3 Å². The van der Waals surface area contributed by atoms with E-state index in [2.05, 4.69) is 42.4 Å². The minimum Gasteiger partial charge on any atom is -0.493 e. The molecule has 2 heterocycles. The van der Waals surface area contributed by atoms with Crippen LogP contribution in [0.15, 0.2) is 33.9 Å². The second kappa shape index (κ2) is 10.7. The maximum absolute atomic E-state index is 12.6. The predicted octanol–water partition coefficient (Wildman–Crippen LogP) is 5.47. The first kappa shape index (κ1) is 25.1. The molecule has 184 valence electrons. The third-order valence-electron chi connectivity index (χ3n) is 6.05. The molecule has 1 amide bonds. The molecule has 0 bridgehead atoms. The summed E-state index contributed by atoms with van der Waals surface area (Å²) in [5.74, 6) is 1.92. The summed E-state index contributed by atoms with van der Waals surface area (Å²) in [5, 5.41) is 21.5. The van der Waals surface area contributed by atoms with E-state index in [1.807, 2.05) is 12.1 Å². The largest absolute Gasteiger partial charge is 0.493 e. The SMILES string of the molecule is COc1ccccc1OCc1nnc(SCC(=O)Nc2sc3c(c2C#N)CC[C@@H](C(C)(C)C)C3)o1. The molecule has 0 fully saturated rings. The predicted molar refractivity (Wildman–Crippen MR) is 135 cm³/mol. The van der Waals surface area contributed by atoms with Crippen molar-refractivity contribution in [1.29, 1.82) is 5.26 Å². The molecule has 1 N–H and O–H groups in total. The highest BCUT2D eigenvalue weighted by Crippen LogP contribution is 2.44. The van der Waals surface area contributed by atoms with Gasteiger partial charge in [-0.3, -0.25) is 4.79 Å². The summed E-state index contributed by atoms with van der Waals surface area (Å²) in [6.45, 7) is 6.86. The van der Waals surface area contributed by atoms with E-state index in [1.54, 1.807) is 19.2 Å². The van der Waals surface area contributed by atoms with Crippen molar-refractivity contribution >= 4 is 34.0 Å². The van der Waals surface area contributed by atoms with Gasteiger partial charge in [-0.15, -0.1) is 21.5 Å². The van der Waals surface area contributed by atoms with Gasteiger partial charge in [-0.25, -0.2) is 0 Å². The fraction of sp³-hybridized carbons (Fsp3) is 0.440. The summed E-state index contributed by atoms with van der Waals surface area (Å²) in [7, 11) is 1.57. The Morgan fingerprint density at radius 1 is 1.31 bits per heavy atom. The van der Waals surface area contributed by atoms with Gasteiger partial charge >= 0.3 is 0 Å². The van der Waals surface area contributed by atoms with Gasteiger partial charge in [0.15, 0.2) is 18.1 Å². The molecule has 2 aromatic heterocycles. The van der Waals surface area contributed by atoms with Crippen LogP contribution in [0.4, 0.5) is 5.00 Å². The van der Waals surface area contributed by atoms with Gasteiger partial charge in [-0.05, 0) is 48.3 Å². The zero-order valence-corrected chi connectivity index (χ0v) is 21.8. The van der Waals surface area contributed by atoms with Gasteiger partial charge in [0.25, 0.3) is 11.1 Å². The Morgan fingerprint density at radius 2 is 2.09 bits per heavy atom. The lowest BCUT2D eigenvalue weighted by Gasteiger charge is -2.33. The molecule has 0 aliphatic heterocycles. The molecular formula is C25H28N4O4S2. The highest BCUT2D eigenvalue weighted by Gasteiger charge is 2.32. The average molecular weight is 513 g/mol. The Bertz CT molecular complexity index is 1240. The summed E-state index contributed by atoms with van der Waals surface area (Å²) in [4.78, 5) is 13.8. The minimum absolute atomic E-state index is 0.0853. The normalized spacial score (nSPS) is 15.2. The molecule has 1 aromatic carbocycles. The molecule has 10 heteroatoms. The summed E-state index contributed by atoms with van der Waals surface area (Å²) in [5.41, 5.74) is 1.91. The third kappa shape index (κ3) is 5.97. The van der Waals surface area contributed by atoms with E-state index in [4.69, 9.17) is 13.9 Å². The van der Waals surface area contributed by atoms with Gasteiger partial charge in [0.05, 0.1) is 18.4 Å². The Morgan fingerprint density at radius 3 is 2.80 bits per heavy atom. The van der Waals surface area contributed by atoms with Crippen LogP contribution in [0, 0.1) is 22.7 Å². The molecule has 35 heavy (non-hydrogen) atoms. The molecule has 3 aromatic rings. The van der Waals surface area contributed by atoms with Gasteiger partial charge < -0.3 is 19.2 Å². The van der Waals surface area contributed by atoms with Crippen LogP contribution < -0.4 is 14.8 Å². The van der Waals surface area contributed by atoms with E-state index in [9.17, 15) is 10.1 Å². The van der Waals surface area contributed by atoms with Gasteiger partial charge in [-0.1, -0.05) is 44.7 Å². The van der Waals surface area contributed by atoms with Crippen molar-refractivity contribution in [3.63, 3.8) is 0 Å². The molecular weight excluding hydrogens is 484 g/mol. The number of nitrogens with zero attached hydrogens (tertiary/aromatic N) is 3. The monoisotopic (exact) mass is 512 g/mol. The first-order valence-corrected chi connectivity index (χ1v) is 13.1. The number of benzene rings is 1. The smallest absolute Gasteiger partial charge is 0.277 e. The van der Waals surface area contributed by atoms with Gasteiger partial charge in [0, 0.05) is 4.88 Å². The molecule has 1 aliphatic rings. The highest BCUT2D eigenvalue weighted by atomic mass is 32.2. The Kier molecular flexibility index (Phi) is 7.67. The van der Waals surface area contributed by atoms with Crippen molar-refractivity contribution in [2.45, 2.75) is 51.9 Å². The molecule has 0 saturated carbocycles. The molecule has 1 atom stereocenters. The maximum atomic E-state index is 12.6. The van der Waals surface area contributed by atoms with E-state index in [1.165, 1.54) is 16.2 Å². The van der Waals surface area contributed by atoms with Crippen molar-refractivity contribution in [1.82, 2.24) is 10.2 Å². The number of carbonyl (C=O) groups is 1. The molecule has 1 aliphatic carbocycles. The number of hydrogen-bond donors (Lipinski definition) is 1. The molecule has 0 spiro atoms. The number of ether oxygens (including phenoxy) is 2. The lowest BCUT2D eigenvalue weighted by molar-refractivity contribution is -0.113. The maximum Gasteiger partial charge on any atom is 0.277 e. The Hall–Kier alpha value is -3.03. The number of nitriles is 1. The minimum atomic E-state index is -0.220. The van der Waals surface area contributed by atoms with Gasteiger partial charge in [-0.2, -0.15) is 5.26 Å². The summed E-state index contributed by atoms with van der Waals surface area (Å²) in [6.07, 6.45) is 2.89. The summed E-state index contributed by atoms with van der Waals surface area (Å²) < 4.78 is 16.5. The number of rotatable bonds is 8. The number of hydrogen-bond acceptors (Lipinski definition) is 9. The number of carbonyl (C=O) groups excluding carboxylic acids is 1. The number of amides is 1. The van der Waals surface area contributed by atoms with Gasteiger partial charge in [0.1, 0.15) is 11.1 Å². The van der Waals surface area contributed by atoms with Crippen LogP contribution in [-0.4, -0.2) is 29.0 Å². The first-order chi connectivity index (χ1) is 16.8. The second-order valence-electron chi connectivity index (χ2n) is 9.36. The molecule has 0 unspecified atom stereocenters. The number of methoxy groups -OCH3 is 1. The van der Waals surface area contributed by atoms with E-state index < -0.39 is 0 Å². The summed E-state index contributed by atoms with van der Waals surface area (Å²) >= 11 is 2.67. The average Bonchev–Trinajstić information content (AvgIpc) is 3.44. The van der Waals surface area contributed by atoms with Gasteiger partial charge in [0.2, 0.25) is 5.91 Å². The van der Waals surface area contributed by atoms with E-state index in [-0.39, 0.29) is 28.9 Å². The Balaban J connectivity index is 1.32. The Labute approximate surface area is 213 Å². The van der Waals surface area contributed by atoms with Crippen LogP contribution in [0.3, 0.4) is 0 Å². The van der Waals surface area contributed by atoms with Crippen molar-refractivity contribution in [3.05, 3.63) is 46.2 Å². The van der Waals surface area contributed by atoms with E-state index in [0.717, 1.165) is 36.6 Å². The van der Waals surface area contributed by atoms with Crippen LogP contribution in [0.5, 0.6) is 11.5 Å². The van der Waals surface area contributed by atoms with E-state index in [0.29, 0.717) is 33.9 Å². The number of para-hydroxylation sites is 2. The quantitative estimate of drug-likeness (QED) is 0.396. The fourth-order valence-corrected chi connectivity index (χ4v) is 5.93. The lowest BCUT2D eigenvalue weighted by atomic mass is 9.72. The number of anilines is 1. The second-order valence-corrected chi connectivity index (χ2v) is 11.4. The van der Waals surface area contributed by atoms with Crippen molar-refractivity contribution in [2.75, 3.05) is 18.2 Å². The van der Waals surface area contributed by atoms with Crippen LogP contribution in [0.2, 0.25) is 0 Å². The third-order valence-corrected chi connectivity index (χ3v) is 8.04.